The minimum atomic E-state index is -0.643. The van der Waals surface area contributed by atoms with Crippen molar-refractivity contribution in [2.75, 3.05) is 0 Å². The number of carbonyl (C=O) groups excluding carboxylic acids is 1. The largest absolute Gasteiger partial charge is 0.393 e. The summed E-state index contributed by atoms with van der Waals surface area (Å²) in [4.78, 5) is 20.8. The van der Waals surface area contributed by atoms with Crippen LogP contribution >= 0.6 is 0 Å². The summed E-state index contributed by atoms with van der Waals surface area (Å²) in [7, 11) is 0. The van der Waals surface area contributed by atoms with Gasteiger partial charge in [-0.25, -0.2) is 4.79 Å². The highest BCUT2D eigenvalue weighted by Gasteiger charge is 2.24. The van der Waals surface area contributed by atoms with E-state index in [0.717, 1.165) is 12.8 Å². The standard InChI is InChI=1S/C11H22O4/c1-5-6-7-10(13)14-15-11(3,4)8-9(2)12/h9,12H,5-8H2,1-4H3. The van der Waals surface area contributed by atoms with Gasteiger partial charge < -0.3 is 5.11 Å². The maximum atomic E-state index is 11.1. The number of unbranched alkanes of at least 4 members (excludes halogenated alkanes) is 1. The van der Waals surface area contributed by atoms with Crippen molar-refractivity contribution in [1.29, 1.82) is 0 Å². The lowest BCUT2D eigenvalue weighted by atomic mass is 10.0. The van der Waals surface area contributed by atoms with Crippen LogP contribution < -0.4 is 0 Å². The van der Waals surface area contributed by atoms with E-state index in [1.54, 1.807) is 20.8 Å². The van der Waals surface area contributed by atoms with E-state index in [1.165, 1.54) is 0 Å². The van der Waals surface area contributed by atoms with Gasteiger partial charge in [-0.1, -0.05) is 13.3 Å². The second-order valence-corrected chi connectivity index (χ2v) is 4.46. The zero-order chi connectivity index (χ0) is 11.9. The van der Waals surface area contributed by atoms with E-state index in [0.29, 0.717) is 12.8 Å². The highest BCUT2D eigenvalue weighted by Crippen LogP contribution is 2.17. The van der Waals surface area contributed by atoms with Gasteiger partial charge in [0, 0.05) is 12.8 Å². The first-order chi connectivity index (χ1) is 6.87. The number of aliphatic hydroxyl groups is 1. The molecule has 0 aromatic rings. The number of carbonyl (C=O) groups is 1. The first-order valence-electron chi connectivity index (χ1n) is 5.44. The Morgan fingerprint density at radius 2 is 2.07 bits per heavy atom. The van der Waals surface area contributed by atoms with Crippen LogP contribution in [0.2, 0.25) is 0 Å². The molecule has 0 aliphatic carbocycles. The zero-order valence-corrected chi connectivity index (χ0v) is 10.1. The lowest BCUT2D eigenvalue weighted by Gasteiger charge is -2.23. The minimum absolute atomic E-state index is 0.351. The Bertz CT molecular complexity index is 187. The lowest BCUT2D eigenvalue weighted by molar-refractivity contribution is -0.328. The summed E-state index contributed by atoms with van der Waals surface area (Å²) >= 11 is 0. The van der Waals surface area contributed by atoms with Gasteiger partial charge in [0.2, 0.25) is 0 Å². The Balaban J connectivity index is 3.77. The molecule has 0 fully saturated rings. The lowest BCUT2D eigenvalue weighted by Crippen LogP contribution is -2.30. The quantitative estimate of drug-likeness (QED) is 0.525. The number of aliphatic hydroxyl groups excluding tert-OH is 1. The van der Waals surface area contributed by atoms with E-state index in [2.05, 4.69) is 4.89 Å². The molecule has 0 aromatic heterocycles. The summed E-state index contributed by atoms with van der Waals surface area (Å²) in [6.45, 7) is 7.22. The summed E-state index contributed by atoms with van der Waals surface area (Å²) in [6, 6.07) is 0. The maximum absolute atomic E-state index is 11.1. The fourth-order valence-electron chi connectivity index (χ4n) is 1.27. The summed E-state index contributed by atoms with van der Waals surface area (Å²) in [6.07, 6.45) is 2.08. The van der Waals surface area contributed by atoms with Crippen molar-refractivity contribution >= 4 is 5.97 Å². The van der Waals surface area contributed by atoms with Crippen molar-refractivity contribution in [2.24, 2.45) is 0 Å². The van der Waals surface area contributed by atoms with Gasteiger partial charge >= 0.3 is 5.97 Å². The number of rotatable bonds is 7. The molecule has 0 saturated carbocycles. The van der Waals surface area contributed by atoms with Gasteiger partial charge in [-0.15, -0.1) is 0 Å². The second kappa shape index (κ2) is 6.80. The fourth-order valence-corrected chi connectivity index (χ4v) is 1.27. The van der Waals surface area contributed by atoms with Crippen molar-refractivity contribution in [2.45, 2.75) is 65.1 Å². The van der Waals surface area contributed by atoms with Crippen LogP contribution in [-0.4, -0.2) is 22.8 Å². The summed E-state index contributed by atoms with van der Waals surface area (Å²) in [5.41, 5.74) is -0.643. The molecule has 0 heterocycles. The number of hydrogen-bond donors (Lipinski definition) is 1. The second-order valence-electron chi connectivity index (χ2n) is 4.46. The van der Waals surface area contributed by atoms with Crippen LogP contribution in [0.15, 0.2) is 0 Å². The predicted octanol–water partition coefficient (Wildman–Crippen LogP) is 2.20. The highest BCUT2D eigenvalue weighted by molar-refractivity contribution is 5.68. The van der Waals surface area contributed by atoms with Gasteiger partial charge in [0.1, 0.15) is 5.60 Å². The molecule has 4 nitrogen and oxygen atoms in total. The Labute approximate surface area is 91.5 Å². The van der Waals surface area contributed by atoms with Gasteiger partial charge in [-0.3, -0.25) is 4.89 Å². The molecule has 90 valence electrons. The third kappa shape index (κ3) is 8.39. The van der Waals surface area contributed by atoms with Crippen molar-refractivity contribution < 1.29 is 19.7 Å². The molecule has 0 aliphatic rings. The zero-order valence-electron chi connectivity index (χ0n) is 10.1. The SMILES string of the molecule is CCCCC(=O)OOC(C)(C)CC(C)O. The van der Waals surface area contributed by atoms with E-state index in [4.69, 9.17) is 4.89 Å². The Kier molecular flexibility index (Phi) is 6.52. The van der Waals surface area contributed by atoms with Crippen LogP contribution in [0.5, 0.6) is 0 Å². The number of hydrogen-bond acceptors (Lipinski definition) is 4. The third-order valence-corrected chi connectivity index (χ3v) is 1.88. The van der Waals surface area contributed by atoms with Gasteiger partial charge in [-0.05, 0) is 27.2 Å². The highest BCUT2D eigenvalue weighted by atomic mass is 17.2. The van der Waals surface area contributed by atoms with E-state index in [-0.39, 0.29) is 5.97 Å². The Morgan fingerprint density at radius 1 is 1.47 bits per heavy atom. The molecular weight excluding hydrogens is 196 g/mol. The first-order valence-corrected chi connectivity index (χ1v) is 5.44. The van der Waals surface area contributed by atoms with Crippen molar-refractivity contribution in [3.63, 3.8) is 0 Å². The average Bonchev–Trinajstić information content (AvgIpc) is 2.09. The van der Waals surface area contributed by atoms with E-state index >= 15 is 0 Å². The predicted molar refractivity (Wildman–Crippen MR) is 57.1 cm³/mol. The monoisotopic (exact) mass is 218 g/mol. The van der Waals surface area contributed by atoms with Crippen LogP contribution in [0.1, 0.15) is 53.4 Å². The van der Waals surface area contributed by atoms with E-state index in [9.17, 15) is 9.90 Å². The third-order valence-electron chi connectivity index (χ3n) is 1.88. The van der Waals surface area contributed by atoms with Gasteiger partial charge in [0.25, 0.3) is 0 Å². The topological polar surface area (TPSA) is 55.8 Å². The summed E-state index contributed by atoms with van der Waals surface area (Å²) in [5.74, 6) is -0.351. The molecular formula is C11H22O4. The normalized spacial score (nSPS) is 13.7. The molecule has 0 radical (unpaired) electrons. The van der Waals surface area contributed by atoms with Crippen molar-refractivity contribution in [3.05, 3.63) is 0 Å². The maximum Gasteiger partial charge on any atom is 0.342 e. The van der Waals surface area contributed by atoms with Crippen LogP contribution in [0, 0.1) is 0 Å². The van der Waals surface area contributed by atoms with Gasteiger partial charge in [-0.2, -0.15) is 4.89 Å². The first kappa shape index (κ1) is 14.4. The molecule has 1 unspecified atom stereocenters. The molecule has 0 rings (SSSR count). The smallest absolute Gasteiger partial charge is 0.342 e. The molecule has 0 aliphatic heterocycles. The Hall–Kier alpha value is -0.610. The Morgan fingerprint density at radius 3 is 2.53 bits per heavy atom. The molecule has 0 amide bonds. The van der Waals surface area contributed by atoms with E-state index < -0.39 is 11.7 Å². The van der Waals surface area contributed by atoms with Crippen LogP contribution in [0.3, 0.4) is 0 Å². The van der Waals surface area contributed by atoms with Crippen molar-refractivity contribution in [1.82, 2.24) is 0 Å². The molecule has 0 spiro atoms. The summed E-state index contributed by atoms with van der Waals surface area (Å²) in [5, 5.41) is 9.17. The van der Waals surface area contributed by atoms with Crippen molar-refractivity contribution in [3.8, 4) is 0 Å². The molecule has 1 atom stereocenters. The average molecular weight is 218 g/mol. The summed E-state index contributed by atoms with van der Waals surface area (Å²) < 4.78 is 0. The van der Waals surface area contributed by atoms with E-state index in [1.807, 2.05) is 6.92 Å². The van der Waals surface area contributed by atoms with Gasteiger partial charge in [0.15, 0.2) is 0 Å². The van der Waals surface area contributed by atoms with Crippen LogP contribution in [0.25, 0.3) is 0 Å². The molecule has 0 bridgehead atoms. The van der Waals surface area contributed by atoms with Crippen LogP contribution in [0.4, 0.5) is 0 Å². The molecule has 1 N–H and O–H groups in total. The van der Waals surface area contributed by atoms with Crippen LogP contribution in [-0.2, 0) is 14.6 Å². The fraction of sp³-hybridized carbons (Fsp3) is 0.909. The molecule has 15 heavy (non-hydrogen) atoms. The molecule has 0 saturated heterocycles. The van der Waals surface area contributed by atoms with Gasteiger partial charge in [0.05, 0.1) is 6.10 Å². The molecule has 4 heteroatoms. The minimum Gasteiger partial charge on any atom is -0.393 e. The molecule has 0 aromatic carbocycles.